The molecule has 0 bridgehead atoms. The number of hydrogen-bond donors (Lipinski definition) is 2. The Morgan fingerprint density at radius 2 is 1.93 bits per heavy atom. The van der Waals surface area contributed by atoms with Crippen LogP contribution in [0.1, 0.15) is 28.9 Å². The second kappa shape index (κ2) is 7.08. The molecule has 4 rings (SSSR count). The Labute approximate surface area is 160 Å². The zero-order valence-corrected chi connectivity index (χ0v) is 15.6. The summed E-state index contributed by atoms with van der Waals surface area (Å²) in [5, 5.41) is 29.2. The standard InChI is InChI=1S/C20H19N3O3S/c1-2-12-3-8-17-16(9-12)18(19(24)23(17)15-10-27-11-15)22-21-14-6-4-13(5-7-14)20(25)26/h3-9,15,24H,2,10-11H2,1H3,(H,25,26). The van der Waals surface area contributed by atoms with Crippen LogP contribution in [0.2, 0.25) is 0 Å². The van der Waals surface area contributed by atoms with E-state index in [0.717, 1.165) is 28.8 Å². The second-order valence-corrected chi connectivity index (χ2v) is 7.57. The molecule has 1 saturated heterocycles. The van der Waals surface area contributed by atoms with E-state index in [-0.39, 0.29) is 17.5 Å². The number of azo groups is 1. The third-order valence-electron chi connectivity index (χ3n) is 4.79. The van der Waals surface area contributed by atoms with Gasteiger partial charge in [0.2, 0.25) is 5.88 Å². The highest BCUT2D eigenvalue weighted by atomic mass is 32.2. The van der Waals surface area contributed by atoms with Crippen molar-refractivity contribution >= 4 is 40.0 Å². The lowest BCUT2D eigenvalue weighted by atomic mass is 10.1. The molecule has 2 N–H and O–H groups in total. The maximum Gasteiger partial charge on any atom is 0.335 e. The van der Waals surface area contributed by atoms with Crippen LogP contribution in [0, 0.1) is 0 Å². The molecule has 1 aliphatic rings. The molecule has 0 unspecified atom stereocenters. The predicted octanol–water partition coefficient (Wildman–Crippen LogP) is 5.31. The van der Waals surface area contributed by atoms with E-state index in [9.17, 15) is 9.90 Å². The number of carbonyl (C=O) groups is 1. The molecule has 2 heterocycles. The van der Waals surface area contributed by atoms with Crippen LogP contribution in [0.5, 0.6) is 5.88 Å². The number of rotatable bonds is 5. The highest BCUT2D eigenvalue weighted by Crippen LogP contribution is 2.45. The van der Waals surface area contributed by atoms with E-state index in [1.807, 2.05) is 22.4 Å². The lowest BCUT2D eigenvalue weighted by Gasteiger charge is -2.27. The lowest BCUT2D eigenvalue weighted by Crippen LogP contribution is -2.22. The van der Waals surface area contributed by atoms with Crippen LogP contribution < -0.4 is 0 Å². The first kappa shape index (κ1) is 17.6. The van der Waals surface area contributed by atoms with Crippen molar-refractivity contribution in [1.29, 1.82) is 0 Å². The van der Waals surface area contributed by atoms with E-state index in [1.165, 1.54) is 17.7 Å². The first-order valence-electron chi connectivity index (χ1n) is 8.77. The Bertz CT molecular complexity index is 1040. The number of thioether (sulfide) groups is 1. The van der Waals surface area contributed by atoms with Crippen molar-refractivity contribution < 1.29 is 15.0 Å². The molecule has 7 heteroatoms. The second-order valence-electron chi connectivity index (χ2n) is 6.49. The van der Waals surface area contributed by atoms with Crippen LogP contribution in [0.15, 0.2) is 52.7 Å². The highest BCUT2D eigenvalue weighted by molar-refractivity contribution is 8.00. The summed E-state index contributed by atoms with van der Waals surface area (Å²) in [5.74, 6) is 1.10. The van der Waals surface area contributed by atoms with Gasteiger partial charge in [0, 0.05) is 16.9 Å². The van der Waals surface area contributed by atoms with Gasteiger partial charge in [0.05, 0.1) is 22.8 Å². The van der Waals surface area contributed by atoms with E-state index in [4.69, 9.17) is 5.11 Å². The number of nitrogens with zero attached hydrogens (tertiary/aromatic N) is 3. The maximum absolute atomic E-state index is 11.0. The van der Waals surface area contributed by atoms with E-state index in [1.54, 1.807) is 12.1 Å². The average molecular weight is 381 g/mol. The van der Waals surface area contributed by atoms with Crippen molar-refractivity contribution in [2.75, 3.05) is 11.5 Å². The van der Waals surface area contributed by atoms with Gasteiger partial charge in [-0.25, -0.2) is 4.79 Å². The van der Waals surface area contributed by atoms with Crippen molar-refractivity contribution in [2.24, 2.45) is 10.2 Å². The van der Waals surface area contributed by atoms with Gasteiger partial charge < -0.3 is 14.8 Å². The molecule has 1 aromatic heterocycles. The van der Waals surface area contributed by atoms with E-state index in [2.05, 4.69) is 29.3 Å². The number of aromatic nitrogens is 1. The molecule has 0 spiro atoms. The Balaban J connectivity index is 1.77. The van der Waals surface area contributed by atoms with Crippen molar-refractivity contribution in [2.45, 2.75) is 19.4 Å². The fourth-order valence-electron chi connectivity index (χ4n) is 3.17. The Hall–Kier alpha value is -2.80. The first-order valence-corrected chi connectivity index (χ1v) is 9.92. The number of carboxylic acid groups (broad SMARTS) is 1. The van der Waals surface area contributed by atoms with Gasteiger partial charge >= 0.3 is 5.97 Å². The number of benzene rings is 2. The third kappa shape index (κ3) is 3.19. The van der Waals surface area contributed by atoms with Crippen molar-refractivity contribution in [3.8, 4) is 5.88 Å². The zero-order valence-electron chi connectivity index (χ0n) is 14.8. The zero-order chi connectivity index (χ0) is 19.0. The molecular weight excluding hydrogens is 362 g/mol. The summed E-state index contributed by atoms with van der Waals surface area (Å²) in [7, 11) is 0. The van der Waals surface area contributed by atoms with Gasteiger partial charge in [-0.3, -0.25) is 0 Å². The smallest absolute Gasteiger partial charge is 0.335 e. The molecule has 6 nitrogen and oxygen atoms in total. The monoisotopic (exact) mass is 381 g/mol. The van der Waals surface area contributed by atoms with Gasteiger partial charge in [0.25, 0.3) is 0 Å². The number of carboxylic acids is 1. The lowest BCUT2D eigenvalue weighted by molar-refractivity contribution is 0.0697. The SMILES string of the molecule is CCc1ccc2c(c1)c(N=Nc1ccc(C(=O)O)cc1)c(O)n2C1CSC1. The van der Waals surface area contributed by atoms with Gasteiger partial charge in [-0.1, -0.05) is 13.0 Å². The maximum atomic E-state index is 11.0. The van der Waals surface area contributed by atoms with Crippen LogP contribution in [0.25, 0.3) is 10.9 Å². The summed E-state index contributed by atoms with van der Waals surface area (Å²) in [6.45, 7) is 2.09. The van der Waals surface area contributed by atoms with Crippen molar-refractivity contribution in [3.63, 3.8) is 0 Å². The molecule has 1 fully saturated rings. The van der Waals surface area contributed by atoms with E-state index >= 15 is 0 Å². The van der Waals surface area contributed by atoms with Crippen LogP contribution in [0.3, 0.4) is 0 Å². The molecule has 0 atom stereocenters. The summed E-state index contributed by atoms with van der Waals surface area (Å²) in [6.07, 6.45) is 0.897. The molecule has 3 aromatic rings. The van der Waals surface area contributed by atoms with Crippen LogP contribution in [-0.4, -0.2) is 32.3 Å². The first-order chi connectivity index (χ1) is 13.1. The molecule has 0 saturated carbocycles. The fourth-order valence-corrected chi connectivity index (χ4v) is 3.92. The van der Waals surface area contributed by atoms with Gasteiger partial charge in [0.1, 0.15) is 0 Å². The Morgan fingerprint density at radius 3 is 2.52 bits per heavy atom. The number of fused-ring (bicyclic) bond motifs is 1. The summed E-state index contributed by atoms with van der Waals surface area (Å²) >= 11 is 1.85. The fraction of sp³-hybridized carbons (Fsp3) is 0.250. The van der Waals surface area contributed by atoms with E-state index < -0.39 is 5.97 Å². The van der Waals surface area contributed by atoms with Crippen LogP contribution in [-0.2, 0) is 6.42 Å². The number of hydrogen-bond acceptors (Lipinski definition) is 5. The minimum Gasteiger partial charge on any atom is -0.493 e. The topological polar surface area (TPSA) is 87.2 Å². The molecular formula is C20H19N3O3S. The molecule has 2 aromatic carbocycles. The molecule has 0 amide bonds. The van der Waals surface area contributed by atoms with Crippen LogP contribution >= 0.6 is 11.8 Å². The van der Waals surface area contributed by atoms with Crippen molar-refractivity contribution in [1.82, 2.24) is 4.57 Å². The Morgan fingerprint density at radius 1 is 1.19 bits per heavy atom. The summed E-state index contributed by atoms with van der Waals surface area (Å²) in [4.78, 5) is 11.0. The van der Waals surface area contributed by atoms with Gasteiger partial charge in [-0.15, -0.1) is 5.11 Å². The van der Waals surface area contributed by atoms with Crippen molar-refractivity contribution in [3.05, 3.63) is 53.6 Å². The van der Waals surface area contributed by atoms with Gasteiger partial charge in [-0.05, 0) is 48.4 Å². The quantitative estimate of drug-likeness (QED) is 0.586. The Kier molecular flexibility index (Phi) is 4.61. The molecule has 27 heavy (non-hydrogen) atoms. The highest BCUT2D eigenvalue weighted by Gasteiger charge is 2.27. The van der Waals surface area contributed by atoms with E-state index in [0.29, 0.717) is 11.4 Å². The number of aromatic carboxylic acids is 1. The van der Waals surface area contributed by atoms with Gasteiger partial charge in [-0.2, -0.15) is 16.9 Å². The number of aromatic hydroxyl groups is 1. The minimum atomic E-state index is -0.982. The van der Waals surface area contributed by atoms with Crippen LogP contribution in [0.4, 0.5) is 11.4 Å². The third-order valence-corrected chi connectivity index (χ3v) is 6.03. The van der Waals surface area contributed by atoms with Gasteiger partial charge in [0.15, 0.2) is 5.69 Å². The number of aryl methyl sites for hydroxylation is 1. The summed E-state index contributed by atoms with van der Waals surface area (Å²) in [5.41, 5.74) is 3.32. The summed E-state index contributed by atoms with van der Waals surface area (Å²) in [6, 6.07) is 12.6. The summed E-state index contributed by atoms with van der Waals surface area (Å²) < 4.78 is 1.95. The molecule has 0 radical (unpaired) electrons. The molecule has 0 aliphatic carbocycles. The predicted molar refractivity (Wildman–Crippen MR) is 107 cm³/mol. The minimum absolute atomic E-state index is 0.134. The normalized spacial score (nSPS) is 14.7. The molecule has 1 aliphatic heterocycles. The molecule has 138 valence electrons. The largest absolute Gasteiger partial charge is 0.493 e. The average Bonchev–Trinajstić information content (AvgIpc) is 2.90.